The van der Waals surface area contributed by atoms with E-state index in [0.717, 1.165) is 29.4 Å². The molecule has 0 aromatic carbocycles. The van der Waals surface area contributed by atoms with E-state index in [1.54, 1.807) is 6.26 Å². The second-order valence-corrected chi connectivity index (χ2v) is 6.48. The zero-order chi connectivity index (χ0) is 15.6. The molecule has 3 N–H and O–H groups in total. The van der Waals surface area contributed by atoms with Crippen molar-refractivity contribution in [3.8, 4) is 0 Å². The molecule has 0 bridgehead atoms. The number of nitrogens with zero attached hydrogens (tertiary/aromatic N) is 2. The van der Waals surface area contributed by atoms with Crippen molar-refractivity contribution < 1.29 is 4.42 Å². The van der Waals surface area contributed by atoms with Crippen molar-refractivity contribution in [2.75, 3.05) is 11.1 Å². The maximum Gasteiger partial charge on any atom is 0.138 e. The van der Waals surface area contributed by atoms with Gasteiger partial charge in [0, 0.05) is 23.4 Å². The summed E-state index contributed by atoms with van der Waals surface area (Å²) in [6, 6.07) is 4.06. The summed E-state index contributed by atoms with van der Waals surface area (Å²) in [6.45, 7) is 10.3. The Labute approximate surface area is 126 Å². The maximum absolute atomic E-state index is 6.02. The van der Waals surface area contributed by atoms with Crippen molar-refractivity contribution in [3.05, 3.63) is 35.5 Å². The topological polar surface area (TPSA) is 77.0 Å². The third-order valence-corrected chi connectivity index (χ3v) is 3.32. The molecule has 1 unspecified atom stereocenters. The first-order valence-electron chi connectivity index (χ1n) is 7.21. The molecule has 5 nitrogen and oxygen atoms in total. The third kappa shape index (κ3) is 3.74. The highest BCUT2D eigenvalue weighted by Crippen LogP contribution is 2.25. The number of nitrogen functional groups attached to an aromatic ring is 1. The van der Waals surface area contributed by atoms with Gasteiger partial charge in [0.2, 0.25) is 0 Å². The van der Waals surface area contributed by atoms with Crippen molar-refractivity contribution in [1.29, 1.82) is 0 Å². The Morgan fingerprint density at radius 1 is 1.33 bits per heavy atom. The molecule has 5 heteroatoms. The van der Waals surface area contributed by atoms with Crippen molar-refractivity contribution in [2.45, 2.75) is 52.5 Å². The van der Waals surface area contributed by atoms with E-state index in [0.29, 0.717) is 5.82 Å². The lowest BCUT2D eigenvalue weighted by Gasteiger charge is -2.21. The minimum Gasteiger partial charge on any atom is -0.469 e. The van der Waals surface area contributed by atoms with E-state index >= 15 is 0 Å². The largest absolute Gasteiger partial charge is 0.469 e. The first-order chi connectivity index (χ1) is 9.77. The van der Waals surface area contributed by atoms with Crippen LogP contribution in [0.25, 0.3) is 0 Å². The first kappa shape index (κ1) is 15.4. The number of rotatable bonds is 4. The van der Waals surface area contributed by atoms with Gasteiger partial charge < -0.3 is 15.5 Å². The average Bonchev–Trinajstić information content (AvgIpc) is 2.86. The fraction of sp³-hybridized carbons (Fsp3) is 0.500. The molecule has 0 aliphatic carbocycles. The molecule has 0 aliphatic rings. The van der Waals surface area contributed by atoms with Crippen LogP contribution in [0.15, 0.2) is 22.8 Å². The minimum absolute atomic E-state index is 0.136. The number of hydrogen-bond acceptors (Lipinski definition) is 5. The number of anilines is 2. The van der Waals surface area contributed by atoms with Crippen LogP contribution < -0.4 is 11.1 Å². The number of furan rings is 1. The molecule has 0 radical (unpaired) electrons. The molecule has 1 atom stereocenters. The number of aromatic nitrogens is 2. The summed E-state index contributed by atoms with van der Waals surface area (Å²) in [6.07, 6.45) is 2.48. The fourth-order valence-corrected chi connectivity index (χ4v) is 2.02. The molecule has 0 saturated heterocycles. The van der Waals surface area contributed by atoms with Crippen LogP contribution in [0.5, 0.6) is 0 Å². The Morgan fingerprint density at radius 3 is 2.62 bits per heavy atom. The maximum atomic E-state index is 6.02. The second kappa shape index (κ2) is 5.76. The van der Waals surface area contributed by atoms with E-state index in [-0.39, 0.29) is 11.5 Å². The Bertz CT molecular complexity index is 599. The van der Waals surface area contributed by atoms with Gasteiger partial charge in [0.15, 0.2) is 0 Å². The highest BCUT2D eigenvalue weighted by Gasteiger charge is 2.21. The molecule has 114 valence electrons. The van der Waals surface area contributed by atoms with Crippen LogP contribution >= 0.6 is 0 Å². The van der Waals surface area contributed by atoms with Gasteiger partial charge in [-0.1, -0.05) is 20.8 Å². The number of hydrogen-bond donors (Lipinski definition) is 2. The van der Waals surface area contributed by atoms with Crippen LogP contribution in [-0.4, -0.2) is 16.0 Å². The standard InChI is InChI=1S/C16H24N4O/c1-10(9-12-7-6-8-21-12)18-14-11(2)13(17)19-15(20-14)16(3,4)5/h6-8,10H,9H2,1-5H3,(H3,17,18,19,20). The van der Waals surface area contributed by atoms with E-state index < -0.39 is 0 Å². The van der Waals surface area contributed by atoms with Gasteiger partial charge >= 0.3 is 0 Å². The van der Waals surface area contributed by atoms with E-state index in [9.17, 15) is 0 Å². The monoisotopic (exact) mass is 288 g/mol. The van der Waals surface area contributed by atoms with Gasteiger partial charge in [-0.3, -0.25) is 0 Å². The SMILES string of the molecule is Cc1c(N)nc(C(C)(C)C)nc1NC(C)Cc1ccco1. The molecule has 21 heavy (non-hydrogen) atoms. The second-order valence-electron chi connectivity index (χ2n) is 6.48. The van der Waals surface area contributed by atoms with Crippen LogP contribution in [0.4, 0.5) is 11.6 Å². The predicted octanol–water partition coefficient (Wildman–Crippen LogP) is 3.30. The summed E-state index contributed by atoms with van der Waals surface area (Å²) >= 11 is 0. The summed E-state index contributed by atoms with van der Waals surface area (Å²) < 4.78 is 5.38. The summed E-state index contributed by atoms with van der Waals surface area (Å²) in [5.74, 6) is 3.03. The van der Waals surface area contributed by atoms with E-state index in [2.05, 4.69) is 43.0 Å². The van der Waals surface area contributed by atoms with Crippen molar-refractivity contribution in [1.82, 2.24) is 9.97 Å². The smallest absolute Gasteiger partial charge is 0.138 e. The lowest BCUT2D eigenvalue weighted by molar-refractivity contribution is 0.497. The first-order valence-corrected chi connectivity index (χ1v) is 7.21. The zero-order valence-corrected chi connectivity index (χ0v) is 13.4. The van der Waals surface area contributed by atoms with Gasteiger partial charge in [-0.2, -0.15) is 0 Å². The molecule has 2 aromatic rings. The summed E-state index contributed by atoms with van der Waals surface area (Å²) in [5.41, 5.74) is 6.77. The lowest BCUT2D eigenvalue weighted by atomic mass is 9.95. The van der Waals surface area contributed by atoms with Crippen LogP contribution in [0, 0.1) is 6.92 Å². The van der Waals surface area contributed by atoms with Gasteiger partial charge in [-0.15, -0.1) is 0 Å². The Morgan fingerprint density at radius 2 is 2.05 bits per heavy atom. The van der Waals surface area contributed by atoms with Gasteiger partial charge in [-0.25, -0.2) is 9.97 Å². The molecule has 0 amide bonds. The van der Waals surface area contributed by atoms with Crippen LogP contribution in [0.1, 0.15) is 44.8 Å². The molecule has 2 rings (SSSR count). The highest BCUT2D eigenvalue weighted by atomic mass is 16.3. The minimum atomic E-state index is -0.136. The lowest BCUT2D eigenvalue weighted by Crippen LogP contribution is -2.23. The summed E-state index contributed by atoms with van der Waals surface area (Å²) in [4.78, 5) is 9.04. The van der Waals surface area contributed by atoms with Gasteiger partial charge in [-0.05, 0) is 26.0 Å². The molecule has 2 heterocycles. The van der Waals surface area contributed by atoms with E-state index in [1.165, 1.54) is 0 Å². The number of nitrogens with one attached hydrogen (secondary N) is 1. The van der Waals surface area contributed by atoms with Crippen LogP contribution in [0.3, 0.4) is 0 Å². The van der Waals surface area contributed by atoms with Gasteiger partial charge in [0.25, 0.3) is 0 Å². The summed E-state index contributed by atoms with van der Waals surface area (Å²) in [5, 5.41) is 3.41. The molecule has 2 aromatic heterocycles. The van der Waals surface area contributed by atoms with E-state index in [4.69, 9.17) is 10.2 Å². The molecular formula is C16H24N4O. The Balaban J connectivity index is 2.20. The number of nitrogens with two attached hydrogens (primary N) is 1. The molecule has 0 aliphatic heterocycles. The van der Waals surface area contributed by atoms with Crippen LogP contribution in [-0.2, 0) is 11.8 Å². The third-order valence-electron chi connectivity index (χ3n) is 3.32. The van der Waals surface area contributed by atoms with Crippen LogP contribution in [0.2, 0.25) is 0 Å². The van der Waals surface area contributed by atoms with Crippen molar-refractivity contribution >= 4 is 11.6 Å². The fourth-order valence-electron chi connectivity index (χ4n) is 2.02. The normalized spacial score (nSPS) is 13.2. The molecular weight excluding hydrogens is 264 g/mol. The van der Waals surface area contributed by atoms with E-state index in [1.807, 2.05) is 19.1 Å². The molecule has 0 saturated carbocycles. The summed E-state index contributed by atoms with van der Waals surface area (Å²) in [7, 11) is 0. The molecule has 0 spiro atoms. The quantitative estimate of drug-likeness (QED) is 0.902. The Kier molecular flexibility index (Phi) is 4.21. The highest BCUT2D eigenvalue weighted by molar-refractivity contribution is 5.55. The van der Waals surface area contributed by atoms with Crippen molar-refractivity contribution in [3.63, 3.8) is 0 Å². The average molecular weight is 288 g/mol. The van der Waals surface area contributed by atoms with Gasteiger partial charge in [0.1, 0.15) is 23.2 Å². The van der Waals surface area contributed by atoms with Gasteiger partial charge in [0.05, 0.1) is 6.26 Å². The zero-order valence-electron chi connectivity index (χ0n) is 13.4. The van der Waals surface area contributed by atoms with Crippen molar-refractivity contribution in [2.24, 2.45) is 0 Å². The molecule has 0 fully saturated rings. The Hall–Kier alpha value is -2.04. The predicted molar refractivity (Wildman–Crippen MR) is 85.4 cm³/mol.